The van der Waals surface area contributed by atoms with Crippen molar-refractivity contribution in [1.82, 2.24) is 0 Å². The summed E-state index contributed by atoms with van der Waals surface area (Å²) in [6, 6.07) is 0. The van der Waals surface area contributed by atoms with E-state index in [0.717, 1.165) is 23.3 Å². The maximum Gasteiger partial charge on any atom is 0.0576 e. The molecule has 2 heteroatoms. The zero-order valence-corrected chi connectivity index (χ0v) is 12.8. The third-order valence-corrected chi connectivity index (χ3v) is 5.78. The second-order valence-corrected chi connectivity index (χ2v) is 7.13. The molecule has 1 nitrogen and oxygen atoms in total. The molecule has 2 rings (SSSR count). The maximum atomic E-state index is 5.74. The molecule has 2 aliphatic rings. The quantitative estimate of drug-likeness (QED) is 0.655. The van der Waals surface area contributed by atoms with E-state index in [4.69, 9.17) is 4.74 Å². The summed E-state index contributed by atoms with van der Waals surface area (Å²) in [5.74, 6) is 1.91. The van der Waals surface area contributed by atoms with E-state index in [0.29, 0.717) is 6.10 Å². The highest BCUT2D eigenvalue weighted by molar-refractivity contribution is 9.09. The SMILES string of the molecule is CCCC1CCC(Br)C(CCC2CCCO2)C1. The molecule has 4 atom stereocenters. The van der Waals surface area contributed by atoms with Gasteiger partial charge in [-0.2, -0.15) is 0 Å². The molecule has 1 heterocycles. The molecule has 1 aliphatic carbocycles. The summed E-state index contributed by atoms with van der Waals surface area (Å²) < 4.78 is 5.74. The average molecular weight is 303 g/mol. The Kier molecular flexibility index (Phi) is 5.82. The van der Waals surface area contributed by atoms with Gasteiger partial charge in [0.1, 0.15) is 0 Å². The zero-order chi connectivity index (χ0) is 12.1. The van der Waals surface area contributed by atoms with E-state index in [2.05, 4.69) is 22.9 Å². The normalized spacial score (nSPS) is 38.5. The molecule has 0 spiro atoms. The average Bonchev–Trinajstić information content (AvgIpc) is 2.83. The van der Waals surface area contributed by atoms with Crippen LogP contribution in [0.3, 0.4) is 0 Å². The summed E-state index contributed by atoms with van der Waals surface area (Å²) in [5.41, 5.74) is 0. The van der Waals surface area contributed by atoms with Gasteiger partial charge in [0.25, 0.3) is 0 Å². The molecule has 1 saturated carbocycles. The Labute approximate surface area is 115 Å². The molecule has 17 heavy (non-hydrogen) atoms. The molecule has 0 aromatic rings. The van der Waals surface area contributed by atoms with Crippen molar-refractivity contribution in [2.24, 2.45) is 11.8 Å². The van der Waals surface area contributed by atoms with Gasteiger partial charge in [-0.3, -0.25) is 0 Å². The summed E-state index contributed by atoms with van der Waals surface area (Å²) >= 11 is 3.90. The molecule has 0 N–H and O–H groups in total. The number of alkyl halides is 1. The van der Waals surface area contributed by atoms with Crippen LogP contribution in [0, 0.1) is 11.8 Å². The highest BCUT2D eigenvalue weighted by atomic mass is 79.9. The lowest BCUT2D eigenvalue weighted by molar-refractivity contribution is 0.0942. The van der Waals surface area contributed by atoms with Gasteiger partial charge >= 0.3 is 0 Å². The minimum absolute atomic E-state index is 0.584. The van der Waals surface area contributed by atoms with Crippen LogP contribution in [0.4, 0.5) is 0 Å². The van der Waals surface area contributed by atoms with Gasteiger partial charge in [-0.15, -0.1) is 0 Å². The first-order valence-electron chi connectivity index (χ1n) is 7.55. The standard InChI is InChI=1S/C15H27BrO/c1-2-4-12-6-9-15(16)13(11-12)7-8-14-5-3-10-17-14/h12-15H,2-11H2,1H3. The molecular formula is C15H27BrO. The third kappa shape index (κ3) is 4.24. The monoisotopic (exact) mass is 302 g/mol. The van der Waals surface area contributed by atoms with E-state index in [-0.39, 0.29) is 0 Å². The first kappa shape index (κ1) is 13.9. The van der Waals surface area contributed by atoms with Crippen LogP contribution in [0.5, 0.6) is 0 Å². The number of hydrogen-bond donors (Lipinski definition) is 0. The molecule has 0 aromatic carbocycles. The maximum absolute atomic E-state index is 5.74. The lowest BCUT2D eigenvalue weighted by Gasteiger charge is -2.33. The molecule has 2 fully saturated rings. The van der Waals surface area contributed by atoms with Crippen molar-refractivity contribution in [3.63, 3.8) is 0 Å². The minimum atomic E-state index is 0.584. The predicted octanol–water partition coefficient (Wildman–Crippen LogP) is 4.93. The lowest BCUT2D eigenvalue weighted by atomic mass is 9.77. The second-order valence-electron chi connectivity index (χ2n) is 5.96. The highest BCUT2D eigenvalue weighted by Gasteiger charge is 2.29. The van der Waals surface area contributed by atoms with Crippen molar-refractivity contribution in [2.45, 2.75) is 75.6 Å². The summed E-state index contributed by atoms with van der Waals surface area (Å²) in [4.78, 5) is 0.775. The van der Waals surface area contributed by atoms with Crippen molar-refractivity contribution >= 4 is 15.9 Å². The van der Waals surface area contributed by atoms with Crippen LogP contribution < -0.4 is 0 Å². The Bertz CT molecular complexity index is 213. The van der Waals surface area contributed by atoms with Crippen LogP contribution in [-0.4, -0.2) is 17.5 Å². The smallest absolute Gasteiger partial charge is 0.0576 e. The molecule has 0 aromatic heterocycles. The zero-order valence-electron chi connectivity index (χ0n) is 11.2. The molecular weight excluding hydrogens is 276 g/mol. The van der Waals surface area contributed by atoms with Gasteiger partial charge in [0, 0.05) is 11.4 Å². The molecule has 1 aliphatic heterocycles. The number of ether oxygens (including phenoxy) is 1. The van der Waals surface area contributed by atoms with Gasteiger partial charge in [0.05, 0.1) is 6.10 Å². The van der Waals surface area contributed by atoms with E-state index < -0.39 is 0 Å². The Morgan fingerprint density at radius 2 is 2.00 bits per heavy atom. The van der Waals surface area contributed by atoms with Crippen LogP contribution >= 0.6 is 15.9 Å². The van der Waals surface area contributed by atoms with E-state index in [1.165, 1.54) is 57.8 Å². The van der Waals surface area contributed by atoms with Gasteiger partial charge in [-0.25, -0.2) is 0 Å². The van der Waals surface area contributed by atoms with Crippen molar-refractivity contribution in [1.29, 1.82) is 0 Å². The van der Waals surface area contributed by atoms with Gasteiger partial charge in [-0.05, 0) is 56.8 Å². The van der Waals surface area contributed by atoms with Crippen LogP contribution in [0.2, 0.25) is 0 Å². The molecule has 0 amide bonds. The molecule has 100 valence electrons. The van der Waals surface area contributed by atoms with Crippen molar-refractivity contribution in [3.8, 4) is 0 Å². The van der Waals surface area contributed by atoms with Crippen molar-refractivity contribution in [2.75, 3.05) is 6.61 Å². The fraction of sp³-hybridized carbons (Fsp3) is 1.00. The topological polar surface area (TPSA) is 9.23 Å². The van der Waals surface area contributed by atoms with Gasteiger partial charge in [-0.1, -0.05) is 35.7 Å². The van der Waals surface area contributed by atoms with E-state index in [1.54, 1.807) is 0 Å². The van der Waals surface area contributed by atoms with Gasteiger partial charge < -0.3 is 4.74 Å². The Morgan fingerprint density at radius 3 is 2.71 bits per heavy atom. The van der Waals surface area contributed by atoms with Crippen LogP contribution in [0.15, 0.2) is 0 Å². The minimum Gasteiger partial charge on any atom is -0.378 e. The van der Waals surface area contributed by atoms with Crippen molar-refractivity contribution < 1.29 is 4.74 Å². The molecule has 4 unspecified atom stereocenters. The molecule has 0 bridgehead atoms. The lowest BCUT2D eigenvalue weighted by Crippen LogP contribution is -2.26. The largest absolute Gasteiger partial charge is 0.378 e. The Hall–Kier alpha value is 0.440. The molecule has 1 saturated heterocycles. The second kappa shape index (κ2) is 7.13. The van der Waals surface area contributed by atoms with E-state index in [1.807, 2.05) is 0 Å². The molecule has 0 radical (unpaired) electrons. The first-order chi connectivity index (χ1) is 8.29. The Balaban J connectivity index is 1.72. The van der Waals surface area contributed by atoms with Gasteiger partial charge in [0.15, 0.2) is 0 Å². The number of hydrogen-bond acceptors (Lipinski definition) is 1. The summed E-state index contributed by atoms with van der Waals surface area (Å²) in [6.45, 7) is 3.33. The van der Waals surface area contributed by atoms with Crippen LogP contribution in [0.1, 0.15) is 64.7 Å². The third-order valence-electron chi connectivity index (χ3n) is 4.58. The number of halogens is 1. The predicted molar refractivity (Wildman–Crippen MR) is 76.7 cm³/mol. The van der Waals surface area contributed by atoms with Crippen LogP contribution in [-0.2, 0) is 4.74 Å². The van der Waals surface area contributed by atoms with Gasteiger partial charge in [0.2, 0.25) is 0 Å². The highest BCUT2D eigenvalue weighted by Crippen LogP contribution is 2.39. The van der Waals surface area contributed by atoms with Crippen molar-refractivity contribution in [3.05, 3.63) is 0 Å². The van der Waals surface area contributed by atoms with Crippen LogP contribution in [0.25, 0.3) is 0 Å². The fourth-order valence-corrected chi connectivity index (χ4v) is 4.31. The number of rotatable bonds is 5. The first-order valence-corrected chi connectivity index (χ1v) is 8.46. The summed E-state index contributed by atoms with van der Waals surface area (Å²) in [6.07, 6.45) is 12.9. The van der Waals surface area contributed by atoms with E-state index in [9.17, 15) is 0 Å². The Morgan fingerprint density at radius 1 is 1.12 bits per heavy atom. The van der Waals surface area contributed by atoms with E-state index >= 15 is 0 Å². The summed E-state index contributed by atoms with van der Waals surface area (Å²) in [7, 11) is 0. The summed E-state index contributed by atoms with van der Waals surface area (Å²) in [5, 5.41) is 0. The fourth-order valence-electron chi connectivity index (χ4n) is 3.57.